The predicted molar refractivity (Wildman–Crippen MR) is 123 cm³/mol. The van der Waals surface area contributed by atoms with Gasteiger partial charge in [0.15, 0.2) is 0 Å². The van der Waals surface area contributed by atoms with Crippen LogP contribution in [0.3, 0.4) is 0 Å². The Labute approximate surface area is 189 Å². The number of likely N-dealkylation sites (N-methyl/N-ethyl adjacent to an activating group) is 1. The molecule has 0 spiro atoms. The lowest BCUT2D eigenvalue weighted by atomic mass is 10.2. The average molecular weight is 442 g/mol. The highest BCUT2D eigenvalue weighted by Gasteiger charge is 2.23. The van der Waals surface area contributed by atoms with Crippen LogP contribution < -0.4 is 10.2 Å². The van der Waals surface area contributed by atoms with Crippen LogP contribution in [0, 0.1) is 5.82 Å². The fourth-order valence-electron chi connectivity index (χ4n) is 4.30. The molecule has 2 aliphatic heterocycles. The van der Waals surface area contributed by atoms with Crippen LogP contribution >= 0.6 is 0 Å². The lowest BCUT2D eigenvalue weighted by molar-refractivity contribution is 0.0819. The van der Waals surface area contributed by atoms with Crippen LogP contribution in [-0.2, 0) is 11.3 Å². The van der Waals surface area contributed by atoms with Gasteiger partial charge in [-0.05, 0) is 62.7 Å². The van der Waals surface area contributed by atoms with Crippen LogP contribution in [0.2, 0.25) is 0 Å². The third-order valence-electron chi connectivity index (χ3n) is 6.09. The summed E-state index contributed by atoms with van der Waals surface area (Å²) in [4.78, 5) is 23.3. The van der Waals surface area contributed by atoms with Gasteiger partial charge in [-0.2, -0.15) is 0 Å². The molecule has 2 aromatic rings. The molecule has 2 fully saturated rings. The van der Waals surface area contributed by atoms with Gasteiger partial charge in [-0.15, -0.1) is 0 Å². The zero-order valence-electron chi connectivity index (χ0n) is 18.7. The van der Waals surface area contributed by atoms with E-state index in [1.165, 1.54) is 6.07 Å². The summed E-state index contributed by atoms with van der Waals surface area (Å²) in [5.74, 6) is -0.315. The van der Waals surface area contributed by atoms with E-state index in [1.807, 2.05) is 12.1 Å². The van der Waals surface area contributed by atoms with E-state index in [2.05, 4.69) is 27.1 Å². The molecule has 2 aliphatic rings. The van der Waals surface area contributed by atoms with Crippen molar-refractivity contribution in [1.29, 1.82) is 0 Å². The average Bonchev–Trinajstić information content (AvgIpc) is 3.21. The number of urea groups is 1. The summed E-state index contributed by atoms with van der Waals surface area (Å²) in [7, 11) is 2.09. The summed E-state index contributed by atoms with van der Waals surface area (Å²) in [5, 5.41) is 2.87. The second kappa shape index (κ2) is 10.7. The topological polar surface area (TPSA) is 60.9 Å². The van der Waals surface area contributed by atoms with Crippen molar-refractivity contribution in [2.24, 2.45) is 0 Å². The number of nitrogens with one attached hydrogen (secondary N) is 1. The molecule has 4 rings (SSSR count). The Balaban J connectivity index is 1.44. The maximum atomic E-state index is 14.9. The molecule has 2 amide bonds. The van der Waals surface area contributed by atoms with Gasteiger partial charge in [-0.3, -0.25) is 4.98 Å². The van der Waals surface area contributed by atoms with Crippen molar-refractivity contribution in [1.82, 2.24) is 14.8 Å². The van der Waals surface area contributed by atoms with E-state index in [-0.39, 0.29) is 18.0 Å². The molecule has 0 radical (unpaired) electrons. The summed E-state index contributed by atoms with van der Waals surface area (Å²) >= 11 is 0. The third-order valence-corrected chi connectivity index (χ3v) is 6.09. The minimum atomic E-state index is -0.315. The number of aromatic nitrogens is 1. The number of halogens is 1. The Morgan fingerprint density at radius 3 is 2.91 bits per heavy atom. The fourth-order valence-corrected chi connectivity index (χ4v) is 4.30. The molecule has 1 atom stereocenters. The number of ether oxygens (including phenoxy) is 1. The summed E-state index contributed by atoms with van der Waals surface area (Å²) in [6.07, 6.45) is 6.43. The maximum Gasteiger partial charge on any atom is 0.322 e. The summed E-state index contributed by atoms with van der Waals surface area (Å²) in [6.45, 7) is 5.18. The number of pyridine rings is 1. The quantitative estimate of drug-likeness (QED) is 0.743. The number of rotatable bonds is 6. The summed E-state index contributed by atoms with van der Waals surface area (Å²) in [5.41, 5.74) is 1.98. The number of benzene rings is 1. The van der Waals surface area contributed by atoms with Gasteiger partial charge in [-0.25, -0.2) is 9.18 Å². The fraction of sp³-hybridized carbons (Fsp3) is 0.500. The van der Waals surface area contributed by atoms with E-state index in [0.29, 0.717) is 24.5 Å². The number of hydrogen-bond acceptors (Lipinski definition) is 5. The van der Waals surface area contributed by atoms with Crippen molar-refractivity contribution in [3.63, 3.8) is 0 Å². The van der Waals surface area contributed by atoms with Gasteiger partial charge in [0, 0.05) is 57.4 Å². The standard InChI is InChI=1S/C24H32FN5O2/c1-28-10-4-11-29(13-12-28)23-8-7-20(15-22(23)25)27-24(31)30(18-21-6-3-14-32-21)17-19-5-2-9-26-16-19/h2,5,7-9,15-16,21H,3-4,6,10-14,17-18H2,1H3,(H,27,31). The molecule has 0 bridgehead atoms. The Morgan fingerprint density at radius 2 is 2.16 bits per heavy atom. The molecule has 0 saturated carbocycles. The number of anilines is 2. The first-order valence-corrected chi connectivity index (χ1v) is 11.4. The highest BCUT2D eigenvalue weighted by molar-refractivity contribution is 5.89. The van der Waals surface area contributed by atoms with E-state index >= 15 is 0 Å². The molecule has 1 N–H and O–H groups in total. The second-order valence-electron chi connectivity index (χ2n) is 8.62. The Hall–Kier alpha value is -2.71. The van der Waals surface area contributed by atoms with Gasteiger partial charge in [0.2, 0.25) is 0 Å². The van der Waals surface area contributed by atoms with Gasteiger partial charge in [0.1, 0.15) is 5.82 Å². The number of amides is 2. The van der Waals surface area contributed by atoms with Gasteiger partial charge in [0.25, 0.3) is 0 Å². The van der Waals surface area contributed by atoms with Crippen molar-refractivity contribution in [3.8, 4) is 0 Å². The first-order chi connectivity index (χ1) is 15.6. The molecule has 1 aromatic carbocycles. The van der Waals surface area contributed by atoms with Crippen LogP contribution in [0.1, 0.15) is 24.8 Å². The Morgan fingerprint density at radius 1 is 1.25 bits per heavy atom. The zero-order chi connectivity index (χ0) is 22.3. The minimum absolute atomic E-state index is 0.0256. The van der Waals surface area contributed by atoms with E-state index in [4.69, 9.17) is 4.74 Å². The molecule has 172 valence electrons. The molecule has 7 nitrogen and oxygen atoms in total. The molecule has 2 saturated heterocycles. The van der Waals surface area contributed by atoms with E-state index in [0.717, 1.165) is 57.6 Å². The van der Waals surface area contributed by atoms with Crippen molar-refractivity contribution >= 4 is 17.4 Å². The second-order valence-corrected chi connectivity index (χ2v) is 8.62. The molecular weight excluding hydrogens is 409 g/mol. The SMILES string of the molecule is CN1CCCN(c2ccc(NC(=O)N(Cc3cccnc3)CC3CCCO3)cc2F)CC1. The molecule has 3 heterocycles. The Bertz CT molecular complexity index is 891. The Kier molecular flexibility index (Phi) is 7.55. The smallest absolute Gasteiger partial charge is 0.322 e. The zero-order valence-corrected chi connectivity index (χ0v) is 18.7. The molecule has 1 aromatic heterocycles. The normalized spacial score (nSPS) is 19.6. The molecule has 0 aliphatic carbocycles. The van der Waals surface area contributed by atoms with E-state index in [1.54, 1.807) is 29.4 Å². The lowest BCUT2D eigenvalue weighted by Gasteiger charge is -2.26. The minimum Gasteiger partial charge on any atom is -0.376 e. The van der Waals surface area contributed by atoms with E-state index < -0.39 is 0 Å². The van der Waals surface area contributed by atoms with Crippen LogP contribution in [0.4, 0.5) is 20.6 Å². The molecule has 8 heteroatoms. The molecular formula is C24H32FN5O2. The van der Waals surface area contributed by atoms with Crippen molar-refractivity contribution in [2.45, 2.75) is 31.9 Å². The summed E-state index contributed by atoms with van der Waals surface area (Å²) < 4.78 is 20.7. The molecule has 1 unspecified atom stereocenters. The van der Waals surface area contributed by atoms with Crippen LogP contribution in [0.5, 0.6) is 0 Å². The van der Waals surface area contributed by atoms with Crippen molar-refractivity contribution in [3.05, 3.63) is 54.1 Å². The van der Waals surface area contributed by atoms with E-state index in [9.17, 15) is 9.18 Å². The van der Waals surface area contributed by atoms with Crippen molar-refractivity contribution in [2.75, 3.05) is 56.6 Å². The number of carbonyl (C=O) groups excluding carboxylic acids is 1. The number of carbonyl (C=O) groups is 1. The summed E-state index contributed by atoms with van der Waals surface area (Å²) in [6, 6.07) is 8.48. The van der Waals surface area contributed by atoms with Gasteiger partial charge in [-0.1, -0.05) is 6.07 Å². The lowest BCUT2D eigenvalue weighted by Crippen LogP contribution is -2.39. The third kappa shape index (κ3) is 5.95. The maximum absolute atomic E-state index is 14.9. The highest BCUT2D eigenvalue weighted by Crippen LogP contribution is 2.25. The van der Waals surface area contributed by atoms with Gasteiger partial charge >= 0.3 is 6.03 Å². The largest absolute Gasteiger partial charge is 0.376 e. The predicted octanol–water partition coefficient (Wildman–Crippen LogP) is 3.58. The van der Waals surface area contributed by atoms with Crippen molar-refractivity contribution < 1.29 is 13.9 Å². The van der Waals surface area contributed by atoms with Crippen LogP contribution in [0.15, 0.2) is 42.7 Å². The van der Waals surface area contributed by atoms with Gasteiger partial charge in [0.05, 0.1) is 11.8 Å². The van der Waals surface area contributed by atoms with Crippen LogP contribution in [0.25, 0.3) is 0 Å². The first kappa shape index (κ1) is 22.5. The number of nitrogens with zero attached hydrogens (tertiary/aromatic N) is 4. The first-order valence-electron chi connectivity index (χ1n) is 11.4. The monoisotopic (exact) mass is 441 g/mol. The number of hydrogen-bond donors (Lipinski definition) is 1. The molecule has 32 heavy (non-hydrogen) atoms. The van der Waals surface area contributed by atoms with Crippen LogP contribution in [-0.4, -0.2) is 73.3 Å². The van der Waals surface area contributed by atoms with Gasteiger partial charge < -0.3 is 24.8 Å². The highest BCUT2D eigenvalue weighted by atomic mass is 19.1.